The van der Waals surface area contributed by atoms with Gasteiger partial charge in [-0.25, -0.2) is 4.39 Å². The molecule has 1 rings (SSSR count). The van der Waals surface area contributed by atoms with Crippen molar-refractivity contribution in [1.29, 1.82) is 5.26 Å². The van der Waals surface area contributed by atoms with Gasteiger partial charge in [-0.1, -0.05) is 0 Å². The fraction of sp³-hybridized carbons (Fsp3) is 0.222. The zero-order valence-corrected chi connectivity index (χ0v) is 9.94. The fourth-order valence-electron chi connectivity index (χ4n) is 1.04. The van der Waals surface area contributed by atoms with Crippen LogP contribution in [0.15, 0.2) is 18.2 Å². The van der Waals surface area contributed by atoms with Crippen molar-refractivity contribution in [3.8, 4) is 6.07 Å². The average Bonchev–Trinajstić information content (AvgIpc) is 2.28. The van der Waals surface area contributed by atoms with Crippen LogP contribution in [0.5, 0.6) is 0 Å². The quantitative estimate of drug-likeness (QED) is 0.826. The molecule has 0 heterocycles. The van der Waals surface area contributed by atoms with Crippen LogP contribution in [0.25, 0.3) is 0 Å². The second-order valence-electron chi connectivity index (χ2n) is 3.35. The molecule has 2 N–H and O–H groups in total. The van der Waals surface area contributed by atoms with E-state index in [1.165, 1.54) is 10.8 Å². The van der Waals surface area contributed by atoms with E-state index < -0.39 is 34.3 Å². The Labute approximate surface area is 106 Å². The molecule has 1 aromatic carbocycles. The number of hydrogen-bond donors (Lipinski definition) is 2. The highest BCUT2D eigenvalue weighted by Crippen LogP contribution is 2.16. The Hall–Kier alpha value is -1.86. The van der Waals surface area contributed by atoms with Gasteiger partial charge >= 0.3 is 6.18 Å². The van der Waals surface area contributed by atoms with Crippen LogP contribution in [-0.2, 0) is 10.2 Å². The molecule has 0 amide bonds. The Morgan fingerprint density at radius 2 is 1.95 bits per heavy atom. The molecule has 0 atom stereocenters. The van der Waals surface area contributed by atoms with Crippen LogP contribution < -0.4 is 9.44 Å². The number of hydrogen-bond acceptors (Lipinski definition) is 3. The van der Waals surface area contributed by atoms with E-state index in [4.69, 9.17) is 5.26 Å². The van der Waals surface area contributed by atoms with Crippen LogP contribution in [0.3, 0.4) is 0 Å². The van der Waals surface area contributed by atoms with Gasteiger partial charge in [-0.3, -0.25) is 4.72 Å². The highest BCUT2D eigenvalue weighted by molar-refractivity contribution is 7.90. The molecular weight excluding hydrogens is 290 g/mol. The summed E-state index contributed by atoms with van der Waals surface area (Å²) in [6, 6.07) is 4.13. The summed E-state index contributed by atoms with van der Waals surface area (Å²) in [6.45, 7) is -1.74. The van der Waals surface area contributed by atoms with Crippen molar-refractivity contribution < 1.29 is 26.0 Å². The lowest BCUT2D eigenvalue weighted by Crippen LogP contribution is -2.37. The van der Waals surface area contributed by atoms with Crippen molar-refractivity contribution in [2.24, 2.45) is 0 Å². The van der Waals surface area contributed by atoms with E-state index in [9.17, 15) is 26.0 Å². The van der Waals surface area contributed by atoms with E-state index in [1.807, 2.05) is 0 Å². The monoisotopic (exact) mass is 297 g/mol. The molecule has 19 heavy (non-hydrogen) atoms. The van der Waals surface area contributed by atoms with Gasteiger partial charge in [-0.2, -0.15) is 31.6 Å². The van der Waals surface area contributed by atoms with Gasteiger partial charge in [0.1, 0.15) is 18.4 Å². The van der Waals surface area contributed by atoms with Crippen molar-refractivity contribution >= 4 is 15.9 Å². The highest BCUT2D eigenvalue weighted by atomic mass is 32.2. The Balaban J connectivity index is 2.82. The molecular formula is C9H7F4N3O2S. The summed E-state index contributed by atoms with van der Waals surface area (Å²) >= 11 is 0. The Bertz CT molecular complexity index is 607. The summed E-state index contributed by atoms with van der Waals surface area (Å²) in [4.78, 5) is 0. The average molecular weight is 297 g/mol. The first-order valence-corrected chi connectivity index (χ1v) is 6.15. The number of nitriles is 1. The number of nitrogens with one attached hydrogen (secondary N) is 2. The zero-order chi connectivity index (χ0) is 14.7. The third-order valence-corrected chi connectivity index (χ3v) is 2.83. The SMILES string of the molecule is N#Cc1cc(NS(=O)(=O)NCC(F)(F)F)ccc1F. The van der Waals surface area contributed by atoms with Gasteiger partial charge in [0.05, 0.1) is 11.3 Å². The normalized spacial score (nSPS) is 11.9. The Morgan fingerprint density at radius 3 is 2.47 bits per heavy atom. The largest absolute Gasteiger partial charge is 0.402 e. The number of halogens is 4. The molecule has 0 aliphatic carbocycles. The Morgan fingerprint density at radius 1 is 1.32 bits per heavy atom. The summed E-state index contributed by atoms with van der Waals surface area (Å²) in [5, 5.41) is 8.52. The molecule has 0 saturated heterocycles. The Kier molecular flexibility index (Phi) is 4.33. The highest BCUT2D eigenvalue weighted by Gasteiger charge is 2.29. The lowest BCUT2D eigenvalue weighted by molar-refractivity contribution is -0.121. The van der Waals surface area contributed by atoms with Gasteiger partial charge in [0, 0.05) is 0 Å². The lowest BCUT2D eigenvalue weighted by atomic mass is 10.2. The smallest absolute Gasteiger partial charge is 0.271 e. The maximum Gasteiger partial charge on any atom is 0.402 e. The molecule has 0 unspecified atom stereocenters. The third-order valence-electron chi connectivity index (χ3n) is 1.80. The first-order chi connectivity index (χ1) is 8.63. The second-order valence-corrected chi connectivity index (χ2v) is 4.85. The molecule has 0 fully saturated rings. The maximum absolute atomic E-state index is 12.9. The van der Waals surface area contributed by atoms with Crippen molar-refractivity contribution in [2.75, 3.05) is 11.3 Å². The predicted molar refractivity (Wildman–Crippen MR) is 57.7 cm³/mol. The van der Waals surface area contributed by atoms with E-state index >= 15 is 0 Å². The van der Waals surface area contributed by atoms with Crippen LogP contribution in [0.4, 0.5) is 23.2 Å². The molecule has 104 valence electrons. The molecule has 0 bridgehead atoms. The molecule has 1 aromatic rings. The number of anilines is 1. The maximum atomic E-state index is 12.9. The molecule has 0 radical (unpaired) electrons. The first kappa shape index (κ1) is 15.2. The minimum absolute atomic E-state index is 0.229. The van der Waals surface area contributed by atoms with Gasteiger partial charge in [-0.15, -0.1) is 0 Å². The third kappa shape index (κ3) is 5.11. The van der Waals surface area contributed by atoms with E-state index in [2.05, 4.69) is 0 Å². The molecule has 5 nitrogen and oxygen atoms in total. The van der Waals surface area contributed by atoms with Gasteiger partial charge in [-0.05, 0) is 18.2 Å². The number of rotatable bonds is 4. The van der Waals surface area contributed by atoms with Crippen molar-refractivity contribution in [1.82, 2.24) is 4.72 Å². The summed E-state index contributed by atoms with van der Waals surface area (Å²) in [7, 11) is -4.46. The van der Waals surface area contributed by atoms with E-state index in [0.717, 1.165) is 18.2 Å². The second kappa shape index (κ2) is 5.41. The van der Waals surface area contributed by atoms with Gasteiger partial charge in [0.25, 0.3) is 10.2 Å². The number of benzene rings is 1. The van der Waals surface area contributed by atoms with Gasteiger partial charge in [0.2, 0.25) is 0 Å². The van der Waals surface area contributed by atoms with Crippen LogP contribution in [-0.4, -0.2) is 21.1 Å². The van der Waals surface area contributed by atoms with Crippen LogP contribution in [0.2, 0.25) is 0 Å². The molecule has 0 aliphatic heterocycles. The summed E-state index contributed by atoms with van der Waals surface area (Å²) in [5.41, 5.74) is -0.663. The molecule has 0 aromatic heterocycles. The van der Waals surface area contributed by atoms with Crippen molar-refractivity contribution in [2.45, 2.75) is 6.18 Å². The summed E-state index contributed by atoms with van der Waals surface area (Å²) in [6.07, 6.45) is -4.70. The number of nitrogens with zero attached hydrogens (tertiary/aromatic N) is 1. The van der Waals surface area contributed by atoms with Crippen molar-refractivity contribution in [3.63, 3.8) is 0 Å². The summed E-state index contributed by atoms with van der Waals surface area (Å²) in [5.74, 6) is -0.867. The van der Waals surface area contributed by atoms with Crippen LogP contribution >= 0.6 is 0 Å². The topological polar surface area (TPSA) is 82.0 Å². The molecule has 0 spiro atoms. The lowest BCUT2D eigenvalue weighted by Gasteiger charge is -2.11. The van der Waals surface area contributed by atoms with Crippen molar-refractivity contribution in [3.05, 3.63) is 29.6 Å². The van der Waals surface area contributed by atoms with Gasteiger partial charge in [0.15, 0.2) is 0 Å². The summed E-state index contributed by atoms with van der Waals surface area (Å²) < 4.78 is 73.9. The standard InChI is InChI=1S/C9H7F4N3O2S/c10-8-2-1-7(3-6(8)4-14)16-19(17,18)15-5-9(11,12)13/h1-3,15-16H,5H2. The van der Waals surface area contributed by atoms with Gasteiger partial charge < -0.3 is 0 Å². The van der Waals surface area contributed by atoms with E-state index in [0.29, 0.717) is 0 Å². The fourth-order valence-corrected chi connectivity index (χ4v) is 1.91. The minimum Gasteiger partial charge on any atom is -0.271 e. The first-order valence-electron chi connectivity index (χ1n) is 4.67. The minimum atomic E-state index is -4.70. The van der Waals surface area contributed by atoms with E-state index in [1.54, 1.807) is 4.72 Å². The predicted octanol–water partition coefficient (Wildman–Crippen LogP) is 1.51. The van der Waals surface area contributed by atoms with Crippen LogP contribution in [0.1, 0.15) is 5.56 Å². The molecule has 0 aliphatic rings. The number of alkyl halides is 3. The van der Waals surface area contributed by atoms with Crippen LogP contribution in [0, 0.1) is 17.1 Å². The zero-order valence-electron chi connectivity index (χ0n) is 9.12. The van der Waals surface area contributed by atoms with E-state index in [-0.39, 0.29) is 5.69 Å². The molecule has 0 saturated carbocycles. The molecule has 10 heteroatoms.